The summed E-state index contributed by atoms with van der Waals surface area (Å²) in [6.07, 6.45) is 13.4. The summed E-state index contributed by atoms with van der Waals surface area (Å²) in [5.41, 5.74) is 3.68. The maximum atomic E-state index is 9.72. The van der Waals surface area contributed by atoms with Crippen molar-refractivity contribution in [2.45, 2.75) is 57.8 Å². The first-order valence-corrected chi connectivity index (χ1v) is 9.05. The zero-order chi connectivity index (χ0) is 14.9. The highest BCUT2D eigenvalue weighted by Gasteiger charge is 2.60. The van der Waals surface area contributed by atoms with Crippen molar-refractivity contribution < 1.29 is 9.52 Å². The van der Waals surface area contributed by atoms with Crippen LogP contribution in [-0.4, -0.2) is 11.7 Å². The molecule has 2 fully saturated rings. The van der Waals surface area contributed by atoms with E-state index >= 15 is 0 Å². The fraction of sp³-hybridized carbons (Fsp3) is 0.700. The Morgan fingerprint density at radius 1 is 1.27 bits per heavy atom. The van der Waals surface area contributed by atoms with E-state index in [4.69, 9.17) is 4.42 Å². The molecule has 5 rings (SSSR count). The predicted molar refractivity (Wildman–Crippen MR) is 85.5 cm³/mol. The lowest BCUT2D eigenvalue weighted by Crippen LogP contribution is -2.50. The van der Waals surface area contributed by atoms with Crippen molar-refractivity contribution in [2.24, 2.45) is 22.7 Å². The first-order chi connectivity index (χ1) is 10.7. The minimum atomic E-state index is 0.283. The third-order valence-electron chi connectivity index (χ3n) is 7.84. The molecule has 5 atom stereocenters. The summed E-state index contributed by atoms with van der Waals surface area (Å²) in [6, 6.07) is 2.24. The molecule has 0 amide bonds. The van der Waals surface area contributed by atoms with E-state index in [2.05, 4.69) is 19.1 Å². The Balaban J connectivity index is 1.59. The summed E-state index contributed by atoms with van der Waals surface area (Å²) in [6.45, 7) is 2.84. The topological polar surface area (TPSA) is 33.4 Å². The maximum absolute atomic E-state index is 9.72. The van der Waals surface area contributed by atoms with Crippen molar-refractivity contribution in [2.75, 3.05) is 6.61 Å². The van der Waals surface area contributed by atoms with Crippen LogP contribution < -0.4 is 0 Å². The lowest BCUT2D eigenvalue weighted by molar-refractivity contribution is -0.0521. The summed E-state index contributed by atoms with van der Waals surface area (Å²) < 4.78 is 5.74. The molecule has 1 aromatic heterocycles. The van der Waals surface area contributed by atoms with Crippen LogP contribution in [0.4, 0.5) is 0 Å². The normalized spacial score (nSPS) is 45.7. The molecule has 0 saturated heterocycles. The lowest BCUT2D eigenvalue weighted by atomic mass is 9.45. The smallest absolute Gasteiger partial charge is 0.107 e. The third kappa shape index (κ3) is 1.50. The fourth-order valence-electron chi connectivity index (χ4n) is 6.92. The molecule has 2 nitrogen and oxygen atoms in total. The number of allylic oxidation sites excluding steroid dienone is 1. The summed E-state index contributed by atoms with van der Waals surface area (Å²) in [5.74, 6) is 3.41. The van der Waals surface area contributed by atoms with Gasteiger partial charge in [-0.1, -0.05) is 13.0 Å². The van der Waals surface area contributed by atoms with Crippen molar-refractivity contribution in [3.63, 3.8) is 0 Å². The quantitative estimate of drug-likeness (QED) is 0.777. The van der Waals surface area contributed by atoms with Crippen LogP contribution in [-0.2, 0) is 6.42 Å². The molecule has 0 aromatic carbocycles. The number of aliphatic hydroxyl groups is 1. The number of aryl methyl sites for hydroxylation is 1. The second-order valence-corrected chi connectivity index (χ2v) is 8.54. The predicted octanol–water partition coefficient (Wildman–Crippen LogP) is 4.44. The van der Waals surface area contributed by atoms with Gasteiger partial charge in [0.25, 0.3) is 0 Å². The molecule has 1 unspecified atom stereocenters. The first kappa shape index (κ1) is 13.4. The van der Waals surface area contributed by atoms with Gasteiger partial charge in [-0.05, 0) is 84.3 Å². The van der Waals surface area contributed by atoms with Gasteiger partial charge in [0.1, 0.15) is 5.76 Å². The van der Waals surface area contributed by atoms with E-state index < -0.39 is 0 Å². The van der Waals surface area contributed by atoms with E-state index in [1.807, 2.05) is 6.26 Å². The summed E-state index contributed by atoms with van der Waals surface area (Å²) in [7, 11) is 0. The minimum Gasteiger partial charge on any atom is -0.469 e. The molecule has 1 N–H and O–H groups in total. The van der Waals surface area contributed by atoms with E-state index in [0.717, 1.165) is 12.3 Å². The van der Waals surface area contributed by atoms with Gasteiger partial charge in [-0.3, -0.25) is 0 Å². The van der Waals surface area contributed by atoms with Crippen molar-refractivity contribution in [3.8, 4) is 0 Å². The molecule has 2 saturated carbocycles. The molecule has 2 bridgehead atoms. The van der Waals surface area contributed by atoms with E-state index in [9.17, 15) is 5.11 Å². The maximum Gasteiger partial charge on any atom is 0.107 e. The van der Waals surface area contributed by atoms with Crippen LogP contribution in [0.25, 0.3) is 0 Å². The van der Waals surface area contributed by atoms with Gasteiger partial charge in [0.2, 0.25) is 0 Å². The molecular formula is C20H26O2. The van der Waals surface area contributed by atoms with Gasteiger partial charge in [-0.2, -0.15) is 0 Å². The number of aliphatic hydroxyl groups excluding tert-OH is 1. The molecule has 4 aliphatic carbocycles. The second-order valence-electron chi connectivity index (χ2n) is 8.54. The summed E-state index contributed by atoms with van der Waals surface area (Å²) >= 11 is 0. The Bertz CT molecular complexity index is 642. The van der Waals surface area contributed by atoms with E-state index in [1.54, 1.807) is 0 Å². The lowest BCUT2D eigenvalue weighted by Gasteiger charge is -2.59. The number of fused-ring (bicyclic) bond motifs is 5. The van der Waals surface area contributed by atoms with Gasteiger partial charge in [-0.15, -0.1) is 0 Å². The van der Waals surface area contributed by atoms with Crippen molar-refractivity contribution in [3.05, 3.63) is 35.3 Å². The summed E-state index contributed by atoms with van der Waals surface area (Å²) in [4.78, 5) is 0. The van der Waals surface area contributed by atoms with Gasteiger partial charge in [0, 0.05) is 6.42 Å². The Kier molecular flexibility index (Phi) is 2.61. The molecule has 1 spiro atoms. The Hall–Kier alpha value is -1.02. The number of rotatable bonds is 1. The van der Waals surface area contributed by atoms with Gasteiger partial charge in [0.15, 0.2) is 0 Å². The van der Waals surface area contributed by atoms with Crippen LogP contribution in [0, 0.1) is 22.7 Å². The van der Waals surface area contributed by atoms with Crippen LogP contribution in [0.5, 0.6) is 0 Å². The molecule has 22 heavy (non-hydrogen) atoms. The molecule has 0 aliphatic heterocycles. The first-order valence-electron chi connectivity index (χ1n) is 9.05. The third-order valence-corrected chi connectivity index (χ3v) is 7.84. The van der Waals surface area contributed by atoms with E-state index in [0.29, 0.717) is 22.7 Å². The Labute approximate surface area is 132 Å². The average molecular weight is 298 g/mol. The van der Waals surface area contributed by atoms with E-state index in [-0.39, 0.29) is 6.61 Å². The summed E-state index contributed by atoms with van der Waals surface area (Å²) in [5, 5.41) is 9.72. The van der Waals surface area contributed by atoms with Gasteiger partial charge >= 0.3 is 0 Å². The largest absolute Gasteiger partial charge is 0.469 e. The SMILES string of the molecule is C[C@@]12CCc3occc3[C@H]1CC[C@]13C=C(CO)[C@H](CCC12)C3. The number of furan rings is 1. The monoisotopic (exact) mass is 298 g/mol. The highest BCUT2D eigenvalue weighted by Crippen LogP contribution is 2.69. The molecule has 2 heteroatoms. The Morgan fingerprint density at radius 2 is 2.18 bits per heavy atom. The zero-order valence-corrected chi connectivity index (χ0v) is 13.5. The van der Waals surface area contributed by atoms with E-state index in [1.165, 1.54) is 55.4 Å². The molecule has 1 aromatic rings. The van der Waals surface area contributed by atoms with Crippen LogP contribution in [0.3, 0.4) is 0 Å². The Morgan fingerprint density at radius 3 is 3.05 bits per heavy atom. The van der Waals surface area contributed by atoms with Crippen molar-refractivity contribution in [1.82, 2.24) is 0 Å². The van der Waals surface area contributed by atoms with Crippen LogP contribution in [0.15, 0.2) is 28.4 Å². The van der Waals surface area contributed by atoms with Gasteiger partial charge in [0.05, 0.1) is 12.9 Å². The average Bonchev–Trinajstić information content (AvgIpc) is 3.09. The standard InChI is InChI=1S/C20H26O2/c1-19-7-5-17-15(6-9-22-17)16(19)4-8-20-10-13(2-3-18(19)20)14(11-20)12-21/h6,9,11,13,16,18,21H,2-5,7-8,10,12H2,1H3/t13-,16-,18?,19-,20+/m1/s1. The second kappa shape index (κ2) is 4.29. The highest BCUT2D eigenvalue weighted by atomic mass is 16.3. The van der Waals surface area contributed by atoms with Crippen LogP contribution >= 0.6 is 0 Å². The van der Waals surface area contributed by atoms with Gasteiger partial charge in [-0.25, -0.2) is 0 Å². The molecule has 118 valence electrons. The van der Waals surface area contributed by atoms with Gasteiger partial charge < -0.3 is 9.52 Å². The zero-order valence-electron chi connectivity index (χ0n) is 13.5. The molecule has 0 radical (unpaired) electrons. The number of hydrogen-bond donors (Lipinski definition) is 1. The highest BCUT2D eigenvalue weighted by molar-refractivity contribution is 5.34. The van der Waals surface area contributed by atoms with Crippen molar-refractivity contribution >= 4 is 0 Å². The minimum absolute atomic E-state index is 0.283. The number of hydrogen-bond acceptors (Lipinski definition) is 2. The van der Waals surface area contributed by atoms with Crippen molar-refractivity contribution in [1.29, 1.82) is 0 Å². The molecular weight excluding hydrogens is 272 g/mol. The van der Waals surface area contributed by atoms with Crippen LogP contribution in [0.2, 0.25) is 0 Å². The fourth-order valence-corrected chi connectivity index (χ4v) is 6.92. The van der Waals surface area contributed by atoms with Crippen LogP contribution in [0.1, 0.15) is 62.7 Å². The molecule has 4 aliphatic rings. The molecule has 1 heterocycles.